The number of hydrogen-bond acceptors (Lipinski definition) is 2. The molecule has 0 spiro atoms. The van der Waals surface area contributed by atoms with Crippen LogP contribution in [-0.4, -0.2) is 13.7 Å². The summed E-state index contributed by atoms with van der Waals surface area (Å²) in [4.78, 5) is 0. The Morgan fingerprint density at radius 3 is 2.67 bits per heavy atom. The molecule has 0 saturated heterocycles. The lowest BCUT2D eigenvalue weighted by atomic mass is 10.0. The van der Waals surface area contributed by atoms with Gasteiger partial charge in [-0.05, 0) is 24.1 Å². The molecule has 0 radical (unpaired) electrons. The van der Waals surface area contributed by atoms with Gasteiger partial charge in [0.05, 0.1) is 7.11 Å². The Balaban J connectivity index is 2.96. The molecule has 0 fully saturated rings. The molecule has 1 aromatic carbocycles. The number of hydrogen-bond donors (Lipinski definition) is 1. The second kappa shape index (κ2) is 4.12. The summed E-state index contributed by atoms with van der Waals surface area (Å²) in [5.41, 5.74) is 6.75. The molecule has 2 N–H and O–H groups in total. The summed E-state index contributed by atoms with van der Waals surface area (Å²) < 4.78 is 5.21. The van der Waals surface area contributed by atoms with Crippen LogP contribution in [0.15, 0.2) is 24.3 Å². The van der Waals surface area contributed by atoms with E-state index in [0.29, 0.717) is 12.5 Å². The Morgan fingerprint density at radius 2 is 2.08 bits per heavy atom. The van der Waals surface area contributed by atoms with Gasteiger partial charge in [-0.2, -0.15) is 0 Å². The summed E-state index contributed by atoms with van der Waals surface area (Å²) in [6.45, 7) is 2.75. The van der Waals surface area contributed by atoms with E-state index in [4.69, 9.17) is 10.5 Å². The Labute approximate surface area is 73.3 Å². The largest absolute Gasteiger partial charge is 0.496 e. The Bertz CT molecular complexity index is 247. The monoisotopic (exact) mass is 165 g/mol. The molecule has 2 heteroatoms. The number of rotatable bonds is 3. The van der Waals surface area contributed by atoms with Crippen molar-refractivity contribution < 1.29 is 4.74 Å². The number of methoxy groups -OCH3 is 1. The fraction of sp³-hybridized carbons (Fsp3) is 0.400. The van der Waals surface area contributed by atoms with Crippen LogP contribution < -0.4 is 10.5 Å². The molecule has 0 aliphatic rings. The lowest BCUT2D eigenvalue weighted by Gasteiger charge is -2.12. The summed E-state index contributed by atoms with van der Waals surface area (Å²) in [6.07, 6.45) is 0. The van der Waals surface area contributed by atoms with Crippen LogP contribution in [0.4, 0.5) is 0 Å². The van der Waals surface area contributed by atoms with Gasteiger partial charge < -0.3 is 10.5 Å². The molecule has 0 bridgehead atoms. The first-order valence-electron chi connectivity index (χ1n) is 4.12. The van der Waals surface area contributed by atoms with E-state index >= 15 is 0 Å². The van der Waals surface area contributed by atoms with Gasteiger partial charge in [-0.15, -0.1) is 0 Å². The molecule has 0 aliphatic carbocycles. The second-order valence-corrected chi connectivity index (χ2v) is 2.88. The Kier molecular flexibility index (Phi) is 3.11. The number of nitrogens with two attached hydrogens (primary N) is 1. The van der Waals surface area contributed by atoms with E-state index in [1.165, 1.54) is 5.56 Å². The van der Waals surface area contributed by atoms with E-state index in [-0.39, 0.29) is 0 Å². The Morgan fingerprint density at radius 1 is 1.42 bits per heavy atom. The minimum Gasteiger partial charge on any atom is -0.496 e. The number of ether oxygens (including phenoxy) is 1. The predicted molar refractivity (Wildman–Crippen MR) is 50.5 cm³/mol. The lowest BCUT2D eigenvalue weighted by molar-refractivity contribution is 0.407. The molecule has 0 saturated carbocycles. The molecular weight excluding hydrogens is 150 g/mol. The first kappa shape index (κ1) is 9.07. The van der Waals surface area contributed by atoms with Gasteiger partial charge in [0.2, 0.25) is 0 Å². The van der Waals surface area contributed by atoms with Gasteiger partial charge in [-0.1, -0.05) is 25.1 Å². The van der Waals surface area contributed by atoms with Crippen molar-refractivity contribution in [1.29, 1.82) is 0 Å². The maximum Gasteiger partial charge on any atom is 0.122 e. The molecule has 0 amide bonds. The van der Waals surface area contributed by atoms with Crippen LogP contribution in [0.1, 0.15) is 18.4 Å². The maximum absolute atomic E-state index is 5.57. The zero-order valence-corrected chi connectivity index (χ0v) is 7.58. The van der Waals surface area contributed by atoms with Crippen molar-refractivity contribution in [3.8, 4) is 5.75 Å². The molecule has 12 heavy (non-hydrogen) atoms. The quantitative estimate of drug-likeness (QED) is 0.740. The molecule has 0 unspecified atom stereocenters. The molecule has 66 valence electrons. The molecule has 1 atom stereocenters. The third-order valence-electron chi connectivity index (χ3n) is 2.02. The van der Waals surface area contributed by atoms with E-state index < -0.39 is 0 Å². The molecule has 1 rings (SSSR count). The smallest absolute Gasteiger partial charge is 0.122 e. The summed E-state index contributed by atoms with van der Waals surface area (Å²) in [7, 11) is 1.68. The first-order valence-corrected chi connectivity index (χ1v) is 4.12. The highest BCUT2D eigenvalue weighted by atomic mass is 16.5. The van der Waals surface area contributed by atoms with Crippen molar-refractivity contribution >= 4 is 0 Å². The van der Waals surface area contributed by atoms with Crippen molar-refractivity contribution in [3.05, 3.63) is 29.8 Å². The summed E-state index contributed by atoms with van der Waals surface area (Å²) in [5, 5.41) is 0. The van der Waals surface area contributed by atoms with Crippen LogP contribution in [0.25, 0.3) is 0 Å². The van der Waals surface area contributed by atoms with Crippen LogP contribution in [0.2, 0.25) is 0 Å². The SMILES string of the molecule is COc1ccccc1[C@@H](C)CN. The van der Waals surface area contributed by atoms with E-state index in [1.807, 2.05) is 18.2 Å². The Hall–Kier alpha value is -1.02. The molecule has 0 aromatic heterocycles. The van der Waals surface area contributed by atoms with Crippen molar-refractivity contribution in [1.82, 2.24) is 0 Å². The molecule has 0 heterocycles. The summed E-state index contributed by atoms with van der Waals surface area (Å²) in [5.74, 6) is 1.29. The normalized spacial score (nSPS) is 12.6. The van der Waals surface area contributed by atoms with Crippen LogP contribution in [-0.2, 0) is 0 Å². The van der Waals surface area contributed by atoms with Crippen LogP contribution in [0.3, 0.4) is 0 Å². The fourth-order valence-electron chi connectivity index (χ4n) is 1.20. The second-order valence-electron chi connectivity index (χ2n) is 2.88. The van der Waals surface area contributed by atoms with Crippen molar-refractivity contribution in [2.24, 2.45) is 5.73 Å². The van der Waals surface area contributed by atoms with Crippen LogP contribution in [0, 0.1) is 0 Å². The highest BCUT2D eigenvalue weighted by molar-refractivity contribution is 5.35. The lowest BCUT2D eigenvalue weighted by Crippen LogP contribution is -2.09. The maximum atomic E-state index is 5.57. The minimum atomic E-state index is 0.362. The standard InChI is InChI=1S/C10H15NO/c1-8(7-11)9-5-3-4-6-10(9)12-2/h3-6,8H,7,11H2,1-2H3/t8-/m0/s1. The van der Waals surface area contributed by atoms with Gasteiger partial charge in [-0.25, -0.2) is 0 Å². The fourth-order valence-corrected chi connectivity index (χ4v) is 1.20. The van der Waals surface area contributed by atoms with E-state index in [9.17, 15) is 0 Å². The van der Waals surface area contributed by atoms with Crippen LogP contribution in [0.5, 0.6) is 5.75 Å². The molecule has 1 aromatic rings. The number of benzene rings is 1. The van der Waals surface area contributed by atoms with Gasteiger partial charge in [-0.3, -0.25) is 0 Å². The van der Waals surface area contributed by atoms with Gasteiger partial charge in [0.25, 0.3) is 0 Å². The summed E-state index contributed by atoms with van der Waals surface area (Å²) >= 11 is 0. The highest BCUT2D eigenvalue weighted by Crippen LogP contribution is 2.24. The predicted octanol–water partition coefficient (Wildman–Crippen LogP) is 1.76. The van der Waals surface area contributed by atoms with Gasteiger partial charge in [0.15, 0.2) is 0 Å². The molecule has 0 aliphatic heterocycles. The third kappa shape index (κ3) is 1.77. The van der Waals surface area contributed by atoms with Gasteiger partial charge >= 0.3 is 0 Å². The highest BCUT2D eigenvalue weighted by Gasteiger charge is 2.07. The number of para-hydroxylation sites is 1. The van der Waals surface area contributed by atoms with Crippen molar-refractivity contribution in [2.45, 2.75) is 12.8 Å². The first-order chi connectivity index (χ1) is 5.79. The molecule has 2 nitrogen and oxygen atoms in total. The topological polar surface area (TPSA) is 35.2 Å². The average Bonchev–Trinajstić information content (AvgIpc) is 2.16. The zero-order chi connectivity index (χ0) is 8.97. The molecular formula is C10H15NO. The third-order valence-corrected chi connectivity index (χ3v) is 2.02. The van der Waals surface area contributed by atoms with Gasteiger partial charge in [0.1, 0.15) is 5.75 Å². The van der Waals surface area contributed by atoms with E-state index in [2.05, 4.69) is 13.0 Å². The van der Waals surface area contributed by atoms with Crippen LogP contribution >= 0.6 is 0 Å². The minimum absolute atomic E-state index is 0.362. The van der Waals surface area contributed by atoms with E-state index in [0.717, 1.165) is 5.75 Å². The summed E-state index contributed by atoms with van der Waals surface area (Å²) in [6, 6.07) is 7.98. The van der Waals surface area contributed by atoms with Crippen molar-refractivity contribution in [3.63, 3.8) is 0 Å². The van der Waals surface area contributed by atoms with Crippen molar-refractivity contribution in [2.75, 3.05) is 13.7 Å². The van der Waals surface area contributed by atoms with E-state index in [1.54, 1.807) is 7.11 Å². The average molecular weight is 165 g/mol. The zero-order valence-electron chi connectivity index (χ0n) is 7.58. The van der Waals surface area contributed by atoms with Gasteiger partial charge in [0, 0.05) is 0 Å².